The molecule has 0 unspecified atom stereocenters. The van der Waals surface area contributed by atoms with Gasteiger partial charge in [-0.25, -0.2) is 0 Å². The Bertz CT molecular complexity index is 690. The third-order valence-corrected chi connectivity index (χ3v) is 2.79. The highest BCUT2D eigenvalue weighted by atomic mass is 19.4. The molecule has 0 amide bonds. The van der Waals surface area contributed by atoms with Gasteiger partial charge in [0.15, 0.2) is 0 Å². The zero-order valence-corrected chi connectivity index (χ0v) is 10.8. The second-order valence-electron chi connectivity index (χ2n) is 4.27. The number of nitrogens with two attached hydrogens (primary N) is 1. The quantitative estimate of drug-likeness (QED) is 0.935. The van der Waals surface area contributed by atoms with Crippen LogP contribution in [0.25, 0.3) is 0 Å². The molecular formula is C15H11F3N2O. The molecule has 0 aliphatic carbocycles. The van der Waals surface area contributed by atoms with Crippen molar-refractivity contribution < 1.29 is 17.9 Å². The first-order chi connectivity index (χ1) is 9.94. The molecule has 0 heterocycles. The number of hydrogen-bond acceptors (Lipinski definition) is 3. The van der Waals surface area contributed by atoms with Crippen LogP contribution in [0, 0.1) is 11.3 Å². The summed E-state index contributed by atoms with van der Waals surface area (Å²) in [7, 11) is 0. The molecule has 0 atom stereocenters. The Hall–Kier alpha value is -2.52. The molecule has 0 fully saturated rings. The van der Waals surface area contributed by atoms with Gasteiger partial charge in [-0.2, -0.15) is 18.4 Å². The number of hydrogen-bond donors (Lipinski definition) is 1. The van der Waals surface area contributed by atoms with Gasteiger partial charge >= 0.3 is 6.18 Å². The van der Waals surface area contributed by atoms with Crippen LogP contribution in [0.2, 0.25) is 0 Å². The molecule has 0 aliphatic heterocycles. The monoisotopic (exact) mass is 292 g/mol. The molecule has 0 saturated carbocycles. The van der Waals surface area contributed by atoms with Crippen molar-refractivity contribution in [1.82, 2.24) is 0 Å². The second-order valence-corrected chi connectivity index (χ2v) is 4.27. The van der Waals surface area contributed by atoms with Crippen molar-refractivity contribution in [2.75, 3.05) is 0 Å². The molecule has 108 valence electrons. The Morgan fingerprint density at radius 1 is 1.14 bits per heavy atom. The van der Waals surface area contributed by atoms with Crippen LogP contribution < -0.4 is 10.5 Å². The molecule has 0 saturated heterocycles. The number of rotatable bonds is 3. The predicted molar refractivity (Wildman–Crippen MR) is 70.6 cm³/mol. The van der Waals surface area contributed by atoms with Crippen molar-refractivity contribution in [3.63, 3.8) is 0 Å². The van der Waals surface area contributed by atoms with Gasteiger partial charge in [0.1, 0.15) is 17.6 Å². The standard InChI is InChI=1S/C15H11F3N2O/c16-15(17,18)12-4-5-14(11(7-12)9-20)21-13-3-1-2-10(6-13)8-19/h1-7H,8,19H2. The Morgan fingerprint density at radius 2 is 1.90 bits per heavy atom. The summed E-state index contributed by atoms with van der Waals surface area (Å²) in [5.74, 6) is 0.480. The maximum absolute atomic E-state index is 12.6. The van der Waals surface area contributed by atoms with Crippen molar-refractivity contribution in [1.29, 1.82) is 5.26 Å². The van der Waals surface area contributed by atoms with Gasteiger partial charge in [0.25, 0.3) is 0 Å². The van der Waals surface area contributed by atoms with Gasteiger partial charge in [-0.15, -0.1) is 0 Å². The van der Waals surface area contributed by atoms with Crippen molar-refractivity contribution >= 4 is 0 Å². The second kappa shape index (κ2) is 5.85. The molecule has 6 heteroatoms. The first-order valence-electron chi connectivity index (χ1n) is 6.02. The summed E-state index contributed by atoms with van der Waals surface area (Å²) in [5.41, 5.74) is 5.26. The summed E-state index contributed by atoms with van der Waals surface area (Å²) in [6.07, 6.45) is -4.50. The Morgan fingerprint density at radius 3 is 2.52 bits per heavy atom. The third kappa shape index (κ3) is 3.52. The molecule has 0 bridgehead atoms. The van der Waals surface area contributed by atoms with Gasteiger partial charge in [-0.05, 0) is 35.9 Å². The van der Waals surface area contributed by atoms with E-state index in [1.165, 1.54) is 0 Å². The summed E-state index contributed by atoms with van der Waals surface area (Å²) in [6.45, 7) is 0.315. The summed E-state index contributed by atoms with van der Waals surface area (Å²) >= 11 is 0. The lowest BCUT2D eigenvalue weighted by molar-refractivity contribution is -0.137. The Balaban J connectivity index is 2.34. The minimum Gasteiger partial charge on any atom is -0.456 e. The molecule has 0 aliphatic rings. The van der Waals surface area contributed by atoms with Crippen LogP contribution in [0.15, 0.2) is 42.5 Å². The van der Waals surface area contributed by atoms with E-state index in [0.717, 1.165) is 23.8 Å². The van der Waals surface area contributed by atoms with Crippen molar-refractivity contribution in [2.24, 2.45) is 5.73 Å². The van der Waals surface area contributed by atoms with Crippen molar-refractivity contribution in [2.45, 2.75) is 12.7 Å². The van der Waals surface area contributed by atoms with Crippen molar-refractivity contribution in [3.05, 3.63) is 59.2 Å². The van der Waals surface area contributed by atoms with Gasteiger partial charge in [0.2, 0.25) is 0 Å². The molecule has 0 spiro atoms. The SMILES string of the molecule is N#Cc1cc(C(F)(F)F)ccc1Oc1cccc(CN)c1. The Labute approximate surface area is 119 Å². The van der Waals surface area contributed by atoms with Crippen LogP contribution in [0.1, 0.15) is 16.7 Å². The van der Waals surface area contributed by atoms with Gasteiger partial charge in [0, 0.05) is 6.54 Å². The van der Waals surface area contributed by atoms with Gasteiger partial charge in [-0.1, -0.05) is 12.1 Å². The normalized spacial score (nSPS) is 11.0. The summed E-state index contributed by atoms with van der Waals surface area (Å²) in [5, 5.41) is 8.97. The fourth-order valence-electron chi connectivity index (χ4n) is 1.75. The average Bonchev–Trinajstić information content (AvgIpc) is 2.46. The largest absolute Gasteiger partial charge is 0.456 e. The van der Waals surface area contributed by atoms with Crippen LogP contribution in [0.3, 0.4) is 0 Å². The fourth-order valence-corrected chi connectivity index (χ4v) is 1.75. The van der Waals surface area contributed by atoms with E-state index in [4.69, 9.17) is 15.7 Å². The third-order valence-electron chi connectivity index (χ3n) is 2.79. The zero-order valence-electron chi connectivity index (χ0n) is 10.8. The molecule has 2 rings (SSSR count). The highest BCUT2D eigenvalue weighted by Gasteiger charge is 2.31. The van der Waals surface area contributed by atoms with Gasteiger partial charge < -0.3 is 10.5 Å². The highest BCUT2D eigenvalue weighted by molar-refractivity contribution is 5.48. The number of ether oxygens (including phenoxy) is 1. The first-order valence-corrected chi connectivity index (χ1v) is 6.02. The molecule has 2 aromatic rings. The van der Waals surface area contributed by atoms with E-state index in [-0.39, 0.29) is 11.3 Å². The van der Waals surface area contributed by atoms with E-state index in [0.29, 0.717) is 12.3 Å². The minimum atomic E-state index is -4.50. The maximum Gasteiger partial charge on any atom is 0.416 e. The van der Waals surface area contributed by atoms with Crippen LogP contribution in [0.5, 0.6) is 11.5 Å². The first kappa shape index (κ1) is 14.9. The molecule has 0 radical (unpaired) electrons. The van der Waals surface area contributed by atoms with Crippen LogP contribution >= 0.6 is 0 Å². The molecule has 3 nitrogen and oxygen atoms in total. The van der Waals surface area contributed by atoms with Crippen LogP contribution in [-0.4, -0.2) is 0 Å². The predicted octanol–water partition coefficient (Wildman–Crippen LogP) is 3.83. The Kier molecular flexibility index (Phi) is 4.15. The minimum absolute atomic E-state index is 0.0691. The maximum atomic E-state index is 12.6. The lowest BCUT2D eigenvalue weighted by Gasteiger charge is -2.11. The lowest BCUT2D eigenvalue weighted by Crippen LogP contribution is -2.05. The van der Waals surface area contributed by atoms with Gasteiger partial charge in [-0.3, -0.25) is 0 Å². The molecule has 2 N–H and O–H groups in total. The number of halogens is 3. The highest BCUT2D eigenvalue weighted by Crippen LogP contribution is 2.33. The van der Waals surface area contributed by atoms with E-state index in [9.17, 15) is 13.2 Å². The van der Waals surface area contributed by atoms with E-state index < -0.39 is 11.7 Å². The summed E-state index contributed by atoms with van der Waals surface area (Å²) in [6, 6.07) is 11.3. The number of benzene rings is 2. The summed E-state index contributed by atoms with van der Waals surface area (Å²) < 4.78 is 43.3. The topological polar surface area (TPSA) is 59.0 Å². The van der Waals surface area contributed by atoms with E-state index in [1.807, 2.05) is 0 Å². The average molecular weight is 292 g/mol. The number of nitrogens with zero attached hydrogens (tertiary/aromatic N) is 1. The number of nitriles is 1. The molecule has 0 aromatic heterocycles. The molecular weight excluding hydrogens is 281 g/mol. The van der Waals surface area contributed by atoms with E-state index in [2.05, 4.69) is 0 Å². The fraction of sp³-hybridized carbons (Fsp3) is 0.133. The lowest BCUT2D eigenvalue weighted by atomic mass is 10.1. The van der Waals surface area contributed by atoms with Crippen LogP contribution in [-0.2, 0) is 12.7 Å². The van der Waals surface area contributed by atoms with Crippen LogP contribution in [0.4, 0.5) is 13.2 Å². The molecule has 2 aromatic carbocycles. The number of alkyl halides is 3. The van der Waals surface area contributed by atoms with E-state index in [1.54, 1.807) is 30.3 Å². The van der Waals surface area contributed by atoms with E-state index >= 15 is 0 Å². The molecule has 21 heavy (non-hydrogen) atoms. The smallest absolute Gasteiger partial charge is 0.416 e. The van der Waals surface area contributed by atoms with Gasteiger partial charge in [0.05, 0.1) is 11.1 Å². The summed E-state index contributed by atoms with van der Waals surface area (Å²) in [4.78, 5) is 0. The van der Waals surface area contributed by atoms with Crippen molar-refractivity contribution in [3.8, 4) is 17.6 Å². The zero-order chi connectivity index (χ0) is 15.5.